The van der Waals surface area contributed by atoms with Crippen LogP contribution >= 0.6 is 0 Å². The van der Waals surface area contributed by atoms with E-state index < -0.39 is 0 Å². The van der Waals surface area contributed by atoms with Crippen LogP contribution in [-0.2, 0) is 0 Å². The fourth-order valence-electron chi connectivity index (χ4n) is 2.98. The third-order valence-corrected chi connectivity index (χ3v) is 4.47. The third kappa shape index (κ3) is 3.18. The Hall–Kier alpha value is -2.95. The third-order valence-electron chi connectivity index (χ3n) is 4.47. The number of hydrogen-bond acceptors (Lipinski definition) is 3. The van der Waals surface area contributed by atoms with Gasteiger partial charge in [0.2, 0.25) is 0 Å². The summed E-state index contributed by atoms with van der Waals surface area (Å²) in [6.07, 6.45) is 4.12. The lowest BCUT2D eigenvalue weighted by Gasteiger charge is -2.09. The van der Waals surface area contributed by atoms with Crippen LogP contribution in [0.25, 0.3) is 5.82 Å². The number of nitrogens with zero attached hydrogens (tertiary/aromatic N) is 3. The van der Waals surface area contributed by atoms with Gasteiger partial charge in [-0.2, -0.15) is 5.10 Å². The van der Waals surface area contributed by atoms with Crippen molar-refractivity contribution >= 4 is 11.6 Å². The molecule has 1 aromatic carbocycles. The van der Waals surface area contributed by atoms with Gasteiger partial charge in [0, 0.05) is 17.2 Å². The Morgan fingerprint density at radius 2 is 1.96 bits per heavy atom. The number of benzene rings is 1. The zero-order chi connectivity index (χ0) is 17.4. The number of nitrogens with one attached hydrogen (secondary N) is 1. The van der Waals surface area contributed by atoms with Crippen LogP contribution in [0, 0.1) is 13.8 Å². The van der Waals surface area contributed by atoms with E-state index >= 15 is 0 Å². The molecule has 0 bridgehead atoms. The van der Waals surface area contributed by atoms with Crippen LogP contribution in [0.5, 0.6) is 0 Å². The van der Waals surface area contributed by atoms with Gasteiger partial charge in [-0.05, 0) is 56.5 Å². The second kappa shape index (κ2) is 6.16. The summed E-state index contributed by atoms with van der Waals surface area (Å²) in [5.74, 6) is 1.26. The van der Waals surface area contributed by atoms with Gasteiger partial charge < -0.3 is 5.32 Å². The second-order valence-electron chi connectivity index (χ2n) is 6.57. The summed E-state index contributed by atoms with van der Waals surface area (Å²) in [5.41, 5.74) is 4.52. The smallest absolute Gasteiger partial charge is 0.255 e. The van der Waals surface area contributed by atoms with E-state index in [0.29, 0.717) is 17.2 Å². The van der Waals surface area contributed by atoms with Crippen LogP contribution in [0.3, 0.4) is 0 Å². The van der Waals surface area contributed by atoms with Crippen LogP contribution in [0.15, 0.2) is 48.7 Å². The molecule has 0 unspecified atom stereocenters. The van der Waals surface area contributed by atoms with Gasteiger partial charge in [0.25, 0.3) is 5.91 Å². The van der Waals surface area contributed by atoms with Crippen LogP contribution < -0.4 is 5.32 Å². The molecular weight excluding hydrogens is 312 g/mol. The molecule has 0 spiro atoms. The molecule has 2 heterocycles. The van der Waals surface area contributed by atoms with E-state index in [1.54, 1.807) is 6.20 Å². The van der Waals surface area contributed by atoms with E-state index in [0.717, 1.165) is 17.1 Å². The van der Waals surface area contributed by atoms with Crippen molar-refractivity contribution in [2.75, 3.05) is 5.32 Å². The number of anilines is 1. The summed E-state index contributed by atoms with van der Waals surface area (Å²) in [5, 5.41) is 7.46. The molecule has 1 fully saturated rings. The van der Waals surface area contributed by atoms with Gasteiger partial charge in [-0.1, -0.05) is 18.2 Å². The highest BCUT2D eigenvalue weighted by atomic mass is 16.1. The van der Waals surface area contributed by atoms with E-state index in [9.17, 15) is 4.79 Å². The molecule has 5 heteroatoms. The van der Waals surface area contributed by atoms with Crippen LogP contribution in [0.1, 0.15) is 46.1 Å². The molecule has 1 aliphatic carbocycles. The molecule has 5 nitrogen and oxygen atoms in total. The van der Waals surface area contributed by atoms with Gasteiger partial charge in [-0.25, -0.2) is 9.67 Å². The number of hydrogen-bond donors (Lipinski definition) is 1. The highest BCUT2D eigenvalue weighted by molar-refractivity contribution is 6.05. The van der Waals surface area contributed by atoms with Crippen molar-refractivity contribution in [1.82, 2.24) is 14.8 Å². The molecule has 1 saturated carbocycles. The topological polar surface area (TPSA) is 59.8 Å². The molecule has 4 rings (SSSR count). The Morgan fingerprint density at radius 1 is 1.16 bits per heavy atom. The van der Waals surface area contributed by atoms with Crippen molar-refractivity contribution in [3.63, 3.8) is 0 Å². The molecule has 2 aromatic heterocycles. The molecule has 3 aromatic rings. The van der Waals surface area contributed by atoms with E-state index in [-0.39, 0.29) is 5.91 Å². The van der Waals surface area contributed by atoms with E-state index in [2.05, 4.69) is 21.5 Å². The van der Waals surface area contributed by atoms with E-state index in [4.69, 9.17) is 0 Å². The number of aromatic nitrogens is 3. The van der Waals surface area contributed by atoms with Gasteiger partial charge in [0.1, 0.15) is 0 Å². The quantitative estimate of drug-likeness (QED) is 0.785. The Balaban J connectivity index is 1.55. The molecule has 1 amide bonds. The number of carbonyl (C=O) groups excluding carboxylic acids is 1. The molecule has 1 N–H and O–H groups in total. The number of pyridine rings is 1. The van der Waals surface area contributed by atoms with Crippen molar-refractivity contribution in [3.05, 3.63) is 71.2 Å². The van der Waals surface area contributed by atoms with Crippen molar-refractivity contribution < 1.29 is 4.79 Å². The predicted octanol–water partition coefficient (Wildman–Crippen LogP) is 4.01. The maximum absolute atomic E-state index is 12.4. The maximum Gasteiger partial charge on any atom is 0.255 e. The molecule has 0 saturated heterocycles. The highest BCUT2D eigenvalue weighted by Gasteiger charge is 2.28. The summed E-state index contributed by atoms with van der Waals surface area (Å²) < 4.78 is 1.92. The standard InChI is InChI=1S/C20H20N4O/c1-13-5-3-4-6-17(13)20(25)22-16-9-10-19(21-12-16)24-18(15-7-8-15)11-14(2)23-24/h3-6,9-12,15H,7-8H2,1-2H3,(H,22,25). The molecule has 126 valence electrons. The average molecular weight is 332 g/mol. The van der Waals surface area contributed by atoms with Gasteiger partial charge in [0.15, 0.2) is 5.82 Å². The Labute approximate surface area is 146 Å². The first kappa shape index (κ1) is 15.6. The van der Waals surface area contributed by atoms with Crippen LogP contribution in [0.2, 0.25) is 0 Å². The summed E-state index contributed by atoms with van der Waals surface area (Å²) in [6, 6.07) is 13.4. The van der Waals surface area contributed by atoms with Crippen molar-refractivity contribution in [2.45, 2.75) is 32.6 Å². The van der Waals surface area contributed by atoms with Crippen molar-refractivity contribution in [3.8, 4) is 5.82 Å². The lowest BCUT2D eigenvalue weighted by atomic mass is 10.1. The van der Waals surface area contributed by atoms with Gasteiger partial charge >= 0.3 is 0 Å². The lowest BCUT2D eigenvalue weighted by molar-refractivity contribution is 0.102. The Kier molecular flexibility index (Phi) is 3.84. The Morgan fingerprint density at radius 3 is 2.64 bits per heavy atom. The lowest BCUT2D eigenvalue weighted by Crippen LogP contribution is -2.13. The maximum atomic E-state index is 12.4. The fourth-order valence-corrected chi connectivity index (χ4v) is 2.98. The van der Waals surface area contributed by atoms with Crippen LogP contribution in [-0.4, -0.2) is 20.7 Å². The number of carbonyl (C=O) groups is 1. The largest absolute Gasteiger partial charge is 0.321 e. The molecule has 25 heavy (non-hydrogen) atoms. The van der Waals surface area contributed by atoms with Gasteiger partial charge in [0.05, 0.1) is 17.6 Å². The number of rotatable bonds is 4. The van der Waals surface area contributed by atoms with Crippen molar-refractivity contribution in [2.24, 2.45) is 0 Å². The average Bonchev–Trinajstić information content (AvgIpc) is 3.38. The molecular formula is C20H20N4O. The minimum absolute atomic E-state index is 0.124. The number of amides is 1. The number of aryl methyl sites for hydroxylation is 2. The SMILES string of the molecule is Cc1cc(C2CC2)n(-c2ccc(NC(=O)c3ccccc3C)cn2)n1. The first-order valence-corrected chi connectivity index (χ1v) is 8.52. The molecule has 0 atom stereocenters. The summed E-state index contributed by atoms with van der Waals surface area (Å²) >= 11 is 0. The summed E-state index contributed by atoms with van der Waals surface area (Å²) in [6.45, 7) is 3.93. The Bertz CT molecular complexity index is 923. The molecule has 1 aliphatic rings. The molecule has 0 aliphatic heterocycles. The first-order chi connectivity index (χ1) is 12.1. The second-order valence-corrected chi connectivity index (χ2v) is 6.57. The first-order valence-electron chi connectivity index (χ1n) is 8.52. The highest BCUT2D eigenvalue weighted by Crippen LogP contribution is 2.40. The monoisotopic (exact) mass is 332 g/mol. The summed E-state index contributed by atoms with van der Waals surface area (Å²) in [7, 11) is 0. The van der Waals surface area contributed by atoms with Crippen LogP contribution in [0.4, 0.5) is 5.69 Å². The zero-order valence-corrected chi connectivity index (χ0v) is 14.4. The zero-order valence-electron chi connectivity index (χ0n) is 14.4. The minimum atomic E-state index is -0.124. The molecule has 0 radical (unpaired) electrons. The van der Waals surface area contributed by atoms with E-state index in [1.807, 2.05) is 54.9 Å². The predicted molar refractivity (Wildman–Crippen MR) is 97.2 cm³/mol. The van der Waals surface area contributed by atoms with E-state index in [1.165, 1.54) is 18.5 Å². The van der Waals surface area contributed by atoms with Gasteiger partial charge in [-0.15, -0.1) is 0 Å². The normalized spacial score (nSPS) is 13.7. The minimum Gasteiger partial charge on any atom is -0.321 e. The summed E-state index contributed by atoms with van der Waals surface area (Å²) in [4.78, 5) is 16.9. The van der Waals surface area contributed by atoms with Gasteiger partial charge in [-0.3, -0.25) is 4.79 Å². The fraction of sp³-hybridized carbons (Fsp3) is 0.250. The van der Waals surface area contributed by atoms with Crippen molar-refractivity contribution in [1.29, 1.82) is 0 Å².